The molecule has 0 aliphatic carbocycles. The van der Waals surface area contributed by atoms with Crippen molar-refractivity contribution in [2.24, 2.45) is 12.8 Å². The van der Waals surface area contributed by atoms with Gasteiger partial charge in [0.25, 0.3) is 0 Å². The Balaban J connectivity index is 2.64. The summed E-state index contributed by atoms with van der Waals surface area (Å²) in [5.41, 5.74) is 6.79. The Morgan fingerprint density at radius 3 is 2.64 bits per heavy atom. The molecule has 14 heavy (non-hydrogen) atoms. The van der Waals surface area contributed by atoms with Crippen molar-refractivity contribution in [3.05, 3.63) is 10.3 Å². The van der Waals surface area contributed by atoms with Crippen LogP contribution in [0, 0.1) is 0 Å². The molecule has 0 aliphatic rings. The molecular formula is C8H15BrN4O. The number of hydrogen-bond donors (Lipinski definition) is 1. The summed E-state index contributed by atoms with van der Waals surface area (Å²) in [5, 5.41) is 7.71. The van der Waals surface area contributed by atoms with E-state index in [4.69, 9.17) is 10.5 Å². The molecule has 1 unspecified atom stereocenters. The summed E-state index contributed by atoms with van der Waals surface area (Å²) in [4.78, 5) is 0. The lowest BCUT2D eigenvalue weighted by Gasteiger charge is -2.14. The van der Waals surface area contributed by atoms with Crippen LogP contribution in [0.5, 0.6) is 0 Å². The van der Waals surface area contributed by atoms with E-state index in [1.807, 2.05) is 20.9 Å². The normalized spacial score (nSPS) is 13.6. The zero-order chi connectivity index (χ0) is 10.7. The predicted octanol–water partition coefficient (Wildman–Crippen LogP) is 1.00. The van der Waals surface area contributed by atoms with Crippen molar-refractivity contribution >= 4 is 15.9 Å². The largest absolute Gasteiger partial charge is 0.377 e. The Morgan fingerprint density at radius 1 is 1.57 bits per heavy atom. The van der Waals surface area contributed by atoms with Crippen molar-refractivity contribution in [1.29, 1.82) is 0 Å². The standard InChI is InChI=1S/C8H15BrN4O/c1-5(2)14-4-6(10)7-8(9)11-12-13(7)3/h5-6H,4,10H2,1-3H3. The topological polar surface area (TPSA) is 66.0 Å². The summed E-state index contributed by atoms with van der Waals surface area (Å²) < 4.78 is 7.75. The van der Waals surface area contributed by atoms with Gasteiger partial charge in [-0.05, 0) is 29.8 Å². The van der Waals surface area contributed by atoms with Crippen LogP contribution in [0.4, 0.5) is 0 Å². The molecule has 2 N–H and O–H groups in total. The second kappa shape index (κ2) is 4.86. The minimum atomic E-state index is -0.202. The third-order valence-corrected chi connectivity index (χ3v) is 2.35. The highest BCUT2D eigenvalue weighted by atomic mass is 79.9. The molecule has 6 heteroatoms. The molecule has 0 aliphatic heterocycles. The van der Waals surface area contributed by atoms with Crippen molar-refractivity contribution < 1.29 is 4.74 Å². The number of aryl methyl sites for hydroxylation is 1. The van der Waals surface area contributed by atoms with Crippen LogP contribution in [0.15, 0.2) is 4.60 Å². The van der Waals surface area contributed by atoms with Crippen LogP contribution in [0.1, 0.15) is 25.6 Å². The maximum absolute atomic E-state index is 5.93. The van der Waals surface area contributed by atoms with Gasteiger partial charge in [-0.15, -0.1) is 5.10 Å². The first-order valence-corrected chi connectivity index (χ1v) is 5.24. The minimum absolute atomic E-state index is 0.181. The first-order chi connectivity index (χ1) is 6.52. The zero-order valence-corrected chi connectivity index (χ0v) is 10.2. The highest BCUT2D eigenvalue weighted by Gasteiger charge is 2.16. The van der Waals surface area contributed by atoms with Crippen molar-refractivity contribution in [3.63, 3.8) is 0 Å². The van der Waals surface area contributed by atoms with Crippen molar-refractivity contribution in [2.75, 3.05) is 6.61 Å². The third-order valence-electron chi connectivity index (χ3n) is 1.79. The second-order valence-corrected chi connectivity index (χ2v) is 4.13. The smallest absolute Gasteiger partial charge is 0.153 e. The summed E-state index contributed by atoms with van der Waals surface area (Å²) in [7, 11) is 1.81. The molecule has 1 rings (SSSR count). The Kier molecular flexibility index (Phi) is 4.03. The number of ether oxygens (including phenoxy) is 1. The van der Waals surface area contributed by atoms with Crippen LogP contribution in [0.2, 0.25) is 0 Å². The molecule has 0 spiro atoms. The number of aromatic nitrogens is 3. The monoisotopic (exact) mass is 262 g/mol. The van der Waals surface area contributed by atoms with Gasteiger partial charge < -0.3 is 10.5 Å². The van der Waals surface area contributed by atoms with E-state index in [9.17, 15) is 0 Å². The SMILES string of the molecule is CC(C)OCC(N)c1c(Br)nnn1C. The number of hydrogen-bond acceptors (Lipinski definition) is 4. The predicted molar refractivity (Wildman–Crippen MR) is 56.7 cm³/mol. The molecule has 1 atom stereocenters. The van der Waals surface area contributed by atoms with E-state index < -0.39 is 0 Å². The molecule has 0 saturated heterocycles. The van der Waals surface area contributed by atoms with Gasteiger partial charge >= 0.3 is 0 Å². The summed E-state index contributed by atoms with van der Waals surface area (Å²) >= 11 is 3.29. The Hall–Kier alpha value is -0.460. The van der Waals surface area contributed by atoms with Gasteiger partial charge in [0.2, 0.25) is 0 Å². The van der Waals surface area contributed by atoms with E-state index in [0.717, 1.165) is 5.69 Å². The van der Waals surface area contributed by atoms with E-state index in [0.29, 0.717) is 11.2 Å². The van der Waals surface area contributed by atoms with Crippen LogP contribution in [-0.4, -0.2) is 27.7 Å². The number of rotatable bonds is 4. The molecule has 0 amide bonds. The van der Waals surface area contributed by atoms with Crippen molar-refractivity contribution in [3.8, 4) is 0 Å². The van der Waals surface area contributed by atoms with Crippen LogP contribution in [-0.2, 0) is 11.8 Å². The highest BCUT2D eigenvalue weighted by molar-refractivity contribution is 9.10. The fourth-order valence-electron chi connectivity index (χ4n) is 1.11. The Morgan fingerprint density at radius 2 is 2.21 bits per heavy atom. The summed E-state index contributed by atoms with van der Waals surface area (Å²) in [6.45, 7) is 4.42. The van der Waals surface area contributed by atoms with Gasteiger partial charge in [-0.3, -0.25) is 0 Å². The van der Waals surface area contributed by atoms with Gasteiger partial charge in [-0.1, -0.05) is 5.21 Å². The average molecular weight is 263 g/mol. The van der Waals surface area contributed by atoms with Gasteiger partial charge in [-0.2, -0.15) is 0 Å². The van der Waals surface area contributed by atoms with Crippen LogP contribution in [0.25, 0.3) is 0 Å². The van der Waals surface area contributed by atoms with E-state index in [2.05, 4.69) is 26.2 Å². The molecule has 80 valence electrons. The highest BCUT2D eigenvalue weighted by Crippen LogP contribution is 2.18. The van der Waals surface area contributed by atoms with E-state index in [1.54, 1.807) is 4.68 Å². The number of nitrogens with zero attached hydrogens (tertiary/aromatic N) is 3. The Bertz CT molecular complexity index is 280. The fourth-order valence-corrected chi connectivity index (χ4v) is 1.73. The molecular weight excluding hydrogens is 248 g/mol. The van der Waals surface area contributed by atoms with Crippen molar-refractivity contribution in [1.82, 2.24) is 15.0 Å². The summed E-state index contributed by atoms with van der Waals surface area (Å²) in [6, 6.07) is -0.202. The maximum atomic E-state index is 5.93. The average Bonchev–Trinajstić information content (AvgIpc) is 2.42. The quantitative estimate of drug-likeness (QED) is 0.880. The lowest BCUT2D eigenvalue weighted by Crippen LogP contribution is -2.22. The van der Waals surface area contributed by atoms with Crippen LogP contribution >= 0.6 is 15.9 Å². The molecule has 0 fully saturated rings. The molecule has 0 bridgehead atoms. The maximum Gasteiger partial charge on any atom is 0.153 e. The van der Waals surface area contributed by atoms with E-state index in [1.165, 1.54) is 0 Å². The second-order valence-electron chi connectivity index (χ2n) is 3.38. The molecule has 0 aromatic carbocycles. The molecule has 0 saturated carbocycles. The van der Waals surface area contributed by atoms with Gasteiger partial charge in [0.1, 0.15) is 0 Å². The van der Waals surface area contributed by atoms with E-state index in [-0.39, 0.29) is 12.1 Å². The summed E-state index contributed by atoms with van der Waals surface area (Å²) in [5.74, 6) is 0. The van der Waals surface area contributed by atoms with E-state index >= 15 is 0 Å². The van der Waals surface area contributed by atoms with Gasteiger partial charge in [0, 0.05) is 7.05 Å². The molecule has 1 aromatic rings. The van der Waals surface area contributed by atoms with Gasteiger partial charge in [0.05, 0.1) is 24.4 Å². The van der Waals surface area contributed by atoms with Gasteiger partial charge in [0.15, 0.2) is 4.60 Å². The van der Waals surface area contributed by atoms with Crippen molar-refractivity contribution in [2.45, 2.75) is 26.0 Å². The molecule has 5 nitrogen and oxygen atoms in total. The van der Waals surface area contributed by atoms with Crippen LogP contribution < -0.4 is 5.73 Å². The number of halogens is 1. The minimum Gasteiger partial charge on any atom is -0.377 e. The summed E-state index contributed by atoms with van der Waals surface area (Å²) in [6.07, 6.45) is 0.181. The van der Waals surface area contributed by atoms with Gasteiger partial charge in [-0.25, -0.2) is 4.68 Å². The first-order valence-electron chi connectivity index (χ1n) is 4.44. The molecule has 0 radical (unpaired) electrons. The third kappa shape index (κ3) is 2.76. The molecule has 1 aromatic heterocycles. The van der Waals surface area contributed by atoms with Crippen LogP contribution in [0.3, 0.4) is 0 Å². The zero-order valence-electron chi connectivity index (χ0n) is 8.57. The molecule has 1 heterocycles. The first kappa shape index (κ1) is 11.6. The Labute approximate surface area is 91.7 Å². The number of nitrogens with two attached hydrogens (primary N) is 1. The fraction of sp³-hybridized carbons (Fsp3) is 0.750. The lowest BCUT2D eigenvalue weighted by molar-refractivity contribution is 0.0669. The lowest BCUT2D eigenvalue weighted by atomic mass is 10.2.